The highest BCUT2D eigenvalue weighted by atomic mass is 16.5. The summed E-state index contributed by atoms with van der Waals surface area (Å²) in [5.41, 5.74) is 2.56. The van der Waals surface area contributed by atoms with Crippen molar-refractivity contribution in [1.29, 1.82) is 0 Å². The van der Waals surface area contributed by atoms with Gasteiger partial charge in [-0.1, -0.05) is 11.2 Å². The molecule has 94 valence electrons. The normalized spacial score (nSPS) is 17.9. The molecular formula is C13H16N4O. The molecule has 0 saturated heterocycles. The molecule has 0 fully saturated rings. The van der Waals surface area contributed by atoms with E-state index in [0.29, 0.717) is 11.9 Å². The third kappa shape index (κ3) is 2.26. The molecule has 0 amide bonds. The number of pyridine rings is 1. The molecule has 0 bridgehead atoms. The largest absolute Gasteiger partial charge is 0.340 e. The molecule has 5 nitrogen and oxygen atoms in total. The van der Waals surface area contributed by atoms with Crippen molar-refractivity contribution in [2.75, 3.05) is 6.54 Å². The summed E-state index contributed by atoms with van der Waals surface area (Å²) in [5, 5.41) is 7.39. The number of nitrogens with one attached hydrogen (secondary N) is 1. The lowest BCUT2D eigenvalue weighted by Crippen LogP contribution is -2.22. The third-order valence-corrected chi connectivity index (χ3v) is 3.27. The van der Waals surface area contributed by atoms with Crippen LogP contribution in [0.5, 0.6) is 0 Å². The Bertz CT molecular complexity index is 537. The van der Waals surface area contributed by atoms with E-state index in [1.54, 1.807) is 6.92 Å². The van der Waals surface area contributed by atoms with Crippen LogP contribution in [-0.2, 0) is 12.8 Å². The first-order valence-corrected chi connectivity index (χ1v) is 6.29. The van der Waals surface area contributed by atoms with Crippen LogP contribution in [0, 0.1) is 6.92 Å². The summed E-state index contributed by atoms with van der Waals surface area (Å²) >= 11 is 0. The first-order valence-electron chi connectivity index (χ1n) is 6.29. The fraction of sp³-hybridized carbons (Fsp3) is 0.462. The van der Waals surface area contributed by atoms with Gasteiger partial charge < -0.3 is 9.84 Å². The lowest BCUT2D eigenvalue weighted by atomic mass is 10.2. The summed E-state index contributed by atoms with van der Waals surface area (Å²) in [7, 11) is 0. The summed E-state index contributed by atoms with van der Waals surface area (Å²) in [6.45, 7) is 2.65. The van der Waals surface area contributed by atoms with E-state index >= 15 is 0 Å². The first-order chi connectivity index (χ1) is 8.83. The van der Waals surface area contributed by atoms with Gasteiger partial charge in [-0.25, -0.2) is 0 Å². The van der Waals surface area contributed by atoms with Crippen LogP contribution in [-0.4, -0.2) is 21.7 Å². The van der Waals surface area contributed by atoms with Gasteiger partial charge in [-0.15, -0.1) is 0 Å². The van der Waals surface area contributed by atoms with Crippen LogP contribution in [0.15, 0.2) is 22.9 Å². The van der Waals surface area contributed by atoms with Gasteiger partial charge in [-0.3, -0.25) is 4.98 Å². The molecule has 0 saturated carbocycles. The van der Waals surface area contributed by atoms with E-state index in [0.717, 1.165) is 31.6 Å². The van der Waals surface area contributed by atoms with Gasteiger partial charge in [0.05, 0.1) is 11.7 Å². The number of aryl methyl sites for hydroxylation is 2. The Morgan fingerprint density at radius 2 is 2.44 bits per heavy atom. The molecular weight excluding hydrogens is 228 g/mol. The van der Waals surface area contributed by atoms with Crippen molar-refractivity contribution in [3.63, 3.8) is 0 Å². The Morgan fingerprint density at radius 3 is 3.28 bits per heavy atom. The molecule has 2 aromatic rings. The second-order valence-corrected chi connectivity index (χ2v) is 4.57. The van der Waals surface area contributed by atoms with E-state index < -0.39 is 0 Å². The smallest absolute Gasteiger partial charge is 0.223 e. The summed E-state index contributed by atoms with van der Waals surface area (Å²) in [6.07, 6.45) is 4.89. The Hall–Kier alpha value is -1.75. The minimum absolute atomic E-state index is 0.370. The van der Waals surface area contributed by atoms with Crippen molar-refractivity contribution in [3.8, 4) is 0 Å². The van der Waals surface area contributed by atoms with Crippen molar-refractivity contribution >= 4 is 0 Å². The van der Waals surface area contributed by atoms with E-state index in [9.17, 15) is 0 Å². The molecule has 0 aromatic carbocycles. The second-order valence-electron chi connectivity index (χ2n) is 4.57. The van der Waals surface area contributed by atoms with E-state index in [-0.39, 0.29) is 0 Å². The third-order valence-electron chi connectivity index (χ3n) is 3.27. The van der Waals surface area contributed by atoms with Crippen molar-refractivity contribution in [2.45, 2.75) is 32.2 Å². The highest BCUT2D eigenvalue weighted by Crippen LogP contribution is 2.28. The van der Waals surface area contributed by atoms with Crippen molar-refractivity contribution in [2.24, 2.45) is 0 Å². The SMILES string of the molecule is Cc1nc(CCNC2CCc3cccnc32)no1. The predicted molar refractivity (Wildman–Crippen MR) is 66.0 cm³/mol. The van der Waals surface area contributed by atoms with Crippen molar-refractivity contribution in [3.05, 3.63) is 41.3 Å². The fourth-order valence-electron chi connectivity index (χ4n) is 2.41. The quantitative estimate of drug-likeness (QED) is 0.884. The first kappa shape index (κ1) is 11.3. The minimum atomic E-state index is 0.370. The number of fused-ring (bicyclic) bond motifs is 1. The highest BCUT2D eigenvalue weighted by Gasteiger charge is 2.22. The Labute approximate surface area is 106 Å². The molecule has 5 heteroatoms. The predicted octanol–water partition coefficient (Wildman–Crippen LogP) is 1.59. The summed E-state index contributed by atoms with van der Waals surface area (Å²) < 4.78 is 4.94. The molecule has 1 aliphatic rings. The Kier molecular flexibility index (Phi) is 3.06. The Balaban J connectivity index is 1.56. The van der Waals surface area contributed by atoms with E-state index in [1.165, 1.54) is 11.3 Å². The molecule has 1 atom stereocenters. The van der Waals surface area contributed by atoms with Crippen LogP contribution >= 0.6 is 0 Å². The van der Waals surface area contributed by atoms with Crippen LogP contribution in [0.3, 0.4) is 0 Å². The van der Waals surface area contributed by atoms with Gasteiger partial charge in [0.25, 0.3) is 0 Å². The van der Waals surface area contributed by atoms with Gasteiger partial charge in [0.2, 0.25) is 5.89 Å². The molecule has 1 aliphatic carbocycles. The molecule has 0 aliphatic heterocycles. The van der Waals surface area contributed by atoms with Crippen LogP contribution in [0.2, 0.25) is 0 Å². The van der Waals surface area contributed by atoms with Gasteiger partial charge in [0, 0.05) is 26.1 Å². The zero-order chi connectivity index (χ0) is 12.4. The lowest BCUT2D eigenvalue weighted by Gasteiger charge is -2.11. The maximum atomic E-state index is 4.94. The number of hydrogen-bond acceptors (Lipinski definition) is 5. The molecule has 1 unspecified atom stereocenters. The van der Waals surface area contributed by atoms with E-state index in [4.69, 9.17) is 4.52 Å². The number of rotatable bonds is 4. The molecule has 18 heavy (non-hydrogen) atoms. The van der Waals surface area contributed by atoms with Crippen LogP contribution in [0.25, 0.3) is 0 Å². The zero-order valence-corrected chi connectivity index (χ0v) is 10.4. The highest BCUT2D eigenvalue weighted by molar-refractivity contribution is 5.27. The van der Waals surface area contributed by atoms with Gasteiger partial charge in [-0.05, 0) is 24.5 Å². The lowest BCUT2D eigenvalue weighted by molar-refractivity contribution is 0.386. The number of nitrogens with zero attached hydrogens (tertiary/aromatic N) is 3. The van der Waals surface area contributed by atoms with Gasteiger partial charge in [0.15, 0.2) is 5.82 Å². The van der Waals surface area contributed by atoms with Crippen molar-refractivity contribution in [1.82, 2.24) is 20.4 Å². The van der Waals surface area contributed by atoms with Crippen LogP contribution in [0.4, 0.5) is 0 Å². The fourth-order valence-corrected chi connectivity index (χ4v) is 2.41. The molecule has 0 spiro atoms. The van der Waals surface area contributed by atoms with Crippen LogP contribution < -0.4 is 5.32 Å². The summed E-state index contributed by atoms with van der Waals surface area (Å²) in [5.74, 6) is 1.39. The summed E-state index contributed by atoms with van der Waals surface area (Å²) in [6, 6.07) is 4.53. The molecule has 3 rings (SSSR count). The number of hydrogen-bond donors (Lipinski definition) is 1. The summed E-state index contributed by atoms with van der Waals surface area (Å²) in [4.78, 5) is 8.64. The minimum Gasteiger partial charge on any atom is -0.340 e. The van der Waals surface area contributed by atoms with Gasteiger partial charge in [-0.2, -0.15) is 4.98 Å². The maximum Gasteiger partial charge on any atom is 0.223 e. The second kappa shape index (κ2) is 4.86. The average Bonchev–Trinajstić information content (AvgIpc) is 2.97. The zero-order valence-electron chi connectivity index (χ0n) is 10.4. The maximum absolute atomic E-state index is 4.94. The van der Waals surface area contributed by atoms with Gasteiger partial charge in [0.1, 0.15) is 0 Å². The van der Waals surface area contributed by atoms with Crippen LogP contribution in [0.1, 0.15) is 35.4 Å². The molecule has 0 radical (unpaired) electrons. The molecule has 2 heterocycles. The Morgan fingerprint density at radius 1 is 1.50 bits per heavy atom. The number of aromatic nitrogens is 3. The van der Waals surface area contributed by atoms with E-state index in [2.05, 4.69) is 26.5 Å². The van der Waals surface area contributed by atoms with Crippen molar-refractivity contribution < 1.29 is 4.52 Å². The van der Waals surface area contributed by atoms with Gasteiger partial charge >= 0.3 is 0 Å². The van der Waals surface area contributed by atoms with E-state index in [1.807, 2.05) is 12.3 Å². The topological polar surface area (TPSA) is 63.8 Å². The molecule has 2 aromatic heterocycles. The standard InChI is InChI=1S/C13H16N4O/c1-9-16-12(17-18-9)6-8-14-11-5-4-10-3-2-7-15-13(10)11/h2-3,7,11,14H,4-6,8H2,1H3. The molecule has 1 N–H and O–H groups in total. The average molecular weight is 244 g/mol. The monoisotopic (exact) mass is 244 g/mol.